The quantitative estimate of drug-likeness (QED) is 0.542. The van der Waals surface area contributed by atoms with E-state index in [2.05, 4.69) is 20.6 Å². The van der Waals surface area contributed by atoms with Crippen LogP contribution in [0.5, 0.6) is 0 Å². The Balaban J connectivity index is 1.87. The van der Waals surface area contributed by atoms with Crippen molar-refractivity contribution >= 4 is 11.9 Å². The van der Waals surface area contributed by atoms with Gasteiger partial charge in [-0.2, -0.15) is 0 Å². The van der Waals surface area contributed by atoms with Crippen LogP contribution in [0.15, 0.2) is 48.5 Å². The van der Waals surface area contributed by atoms with Crippen LogP contribution in [0.3, 0.4) is 0 Å². The third-order valence-corrected chi connectivity index (χ3v) is 5.38. The SMILES string of the molecule is CCCCC(=O)N(Cc1ccc(-c2ccccc2-c2nnn[nH]2)cc1)C(C)(C)C(=O)O. The Morgan fingerprint density at radius 2 is 1.74 bits per heavy atom. The minimum atomic E-state index is -1.30. The maximum Gasteiger partial charge on any atom is 0.329 e. The van der Waals surface area contributed by atoms with Gasteiger partial charge in [0.15, 0.2) is 5.82 Å². The Morgan fingerprint density at radius 1 is 1.06 bits per heavy atom. The molecule has 0 aliphatic carbocycles. The van der Waals surface area contributed by atoms with Crippen LogP contribution in [-0.2, 0) is 16.1 Å². The second-order valence-electron chi connectivity index (χ2n) is 7.94. The van der Waals surface area contributed by atoms with Crippen molar-refractivity contribution in [2.24, 2.45) is 0 Å². The number of unbranched alkanes of at least 4 members (excludes halogenated alkanes) is 1. The van der Waals surface area contributed by atoms with Crippen LogP contribution in [0, 0.1) is 0 Å². The highest BCUT2D eigenvalue weighted by Crippen LogP contribution is 2.30. The summed E-state index contributed by atoms with van der Waals surface area (Å²) in [4.78, 5) is 26.0. The van der Waals surface area contributed by atoms with E-state index in [0.717, 1.165) is 35.1 Å². The third-order valence-electron chi connectivity index (χ3n) is 5.38. The molecule has 0 aliphatic rings. The lowest BCUT2D eigenvalue weighted by Gasteiger charge is -2.35. The van der Waals surface area contributed by atoms with Gasteiger partial charge in [0.05, 0.1) is 0 Å². The number of aromatic nitrogens is 4. The van der Waals surface area contributed by atoms with Gasteiger partial charge >= 0.3 is 5.97 Å². The van der Waals surface area contributed by atoms with Gasteiger partial charge in [0, 0.05) is 18.5 Å². The Bertz CT molecular complexity index is 1030. The monoisotopic (exact) mass is 421 g/mol. The fourth-order valence-electron chi connectivity index (χ4n) is 3.36. The summed E-state index contributed by atoms with van der Waals surface area (Å²) in [5.74, 6) is -0.597. The first-order chi connectivity index (χ1) is 14.8. The summed E-state index contributed by atoms with van der Waals surface area (Å²) in [5, 5.41) is 23.7. The zero-order chi connectivity index (χ0) is 22.4. The number of hydrogen-bond acceptors (Lipinski definition) is 5. The van der Waals surface area contributed by atoms with Crippen molar-refractivity contribution in [3.8, 4) is 22.5 Å². The maximum absolute atomic E-state index is 12.8. The number of tetrazole rings is 1. The predicted molar refractivity (Wildman–Crippen MR) is 117 cm³/mol. The molecular formula is C23H27N5O3. The topological polar surface area (TPSA) is 112 Å². The molecule has 0 atom stereocenters. The van der Waals surface area contributed by atoms with Crippen LogP contribution < -0.4 is 0 Å². The van der Waals surface area contributed by atoms with Crippen molar-refractivity contribution < 1.29 is 14.7 Å². The molecule has 0 saturated carbocycles. The number of carboxylic acids is 1. The Kier molecular flexibility index (Phi) is 6.79. The first kappa shape index (κ1) is 22.1. The number of benzene rings is 2. The van der Waals surface area contributed by atoms with E-state index in [1.54, 1.807) is 13.8 Å². The molecule has 0 bridgehead atoms. The van der Waals surface area contributed by atoms with E-state index < -0.39 is 11.5 Å². The first-order valence-electron chi connectivity index (χ1n) is 10.3. The van der Waals surface area contributed by atoms with Crippen molar-refractivity contribution in [3.05, 3.63) is 54.1 Å². The fourth-order valence-corrected chi connectivity index (χ4v) is 3.36. The van der Waals surface area contributed by atoms with Crippen molar-refractivity contribution in [1.29, 1.82) is 0 Å². The molecule has 1 amide bonds. The summed E-state index contributed by atoms with van der Waals surface area (Å²) in [6, 6.07) is 15.5. The lowest BCUT2D eigenvalue weighted by Crippen LogP contribution is -2.52. The molecule has 1 aromatic heterocycles. The number of H-pyrrole nitrogens is 1. The van der Waals surface area contributed by atoms with Crippen LogP contribution in [0.25, 0.3) is 22.5 Å². The molecule has 3 rings (SSSR count). The molecular weight excluding hydrogens is 394 g/mol. The van der Waals surface area contributed by atoms with E-state index in [9.17, 15) is 14.7 Å². The van der Waals surface area contributed by atoms with Gasteiger partial charge in [0.25, 0.3) is 0 Å². The summed E-state index contributed by atoms with van der Waals surface area (Å²) in [6.45, 7) is 5.37. The third kappa shape index (κ3) is 4.96. The second-order valence-corrected chi connectivity index (χ2v) is 7.94. The summed E-state index contributed by atoms with van der Waals surface area (Å²) in [6.07, 6.45) is 1.95. The lowest BCUT2D eigenvalue weighted by molar-refractivity contribution is -0.157. The van der Waals surface area contributed by atoms with Crippen LogP contribution in [0.1, 0.15) is 45.6 Å². The largest absolute Gasteiger partial charge is 0.480 e. The highest BCUT2D eigenvalue weighted by molar-refractivity contribution is 5.86. The minimum absolute atomic E-state index is 0.151. The molecule has 1 heterocycles. The smallest absolute Gasteiger partial charge is 0.329 e. The van der Waals surface area contributed by atoms with Gasteiger partial charge in [-0.15, -0.1) is 5.10 Å². The Morgan fingerprint density at radius 3 is 2.32 bits per heavy atom. The zero-order valence-electron chi connectivity index (χ0n) is 18.0. The molecule has 3 aromatic rings. The molecule has 8 nitrogen and oxygen atoms in total. The molecule has 0 fully saturated rings. The summed E-state index contributed by atoms with van der Waals surface area (Å²) >= 11 is 0. The van der Waals surface area contributed by atoms with E-state index in [4.69, 9.17) is 0 Å². The number of amides is 1. The number of carbonyl (C=O) groups excluding carboxylic acids is 1. The number of nitrogens with one attached hydrogen (secondary N) is 1. The summed E-state index contributed by atoms with van der Waals surface area (Å²) in [7, 11) is 0. The van der Waals surface area contributed by atoms with Crippen LogP contribution in [0.2, 0.25) is 0 Å². The average Bonchev–Trinajstić information content (AvgIpc) is 3.31. The Labute approximate surface area is 181 Å². The molecule has 0 spiro atoms. The van der Waals surface area contributed by atoms with Gasteiger partial charge in [-0.25, -0.2) is 9.89 Å². The molecule has 0 saturated heterocycles. The molecule has 31 heavy (non-hydrogen) atoms. The fraction of sp³-hybridized carbons (Fsp3) is 0.348. The van der Waals surface area contributed by atoms with Crippen LogP contribution >= 0.6 is 0 Å². The predicted octanol–water partition coefficient (Wildman–Crippen LogP) is 3.92. The van der Waals surface area contributed by atoms with E-state index in [1.807, 2.05) is 55.5 Å². The molecule has 0 unspecified atom stereocenters. The van der Waals surface area contributed by atoms with Crippen molar-refractivity contribution in [1.82, 2.24) is 25.5 Å². The van der Waals surface area contributed by atoms with Gasteiger partial charge < -0.3 is 10.0 Å². The zero-order valence-corrected chi connectivity index (χ0v) is 18.0. The summed E-state index contributed by atoms with van der Waals surface area (Å²) < 4.78 is 0. The average molecular weight is 422 g/mol. The van der Waals surface area contributed by atoms with E-state index >= 15 is 0 Å². The summed E-state index contributed by atoms with van der Waals surface area (Å²) in [5.41, 5.74) is 2.38. The van der Waals surface area contributed by atoms with E-state index in [1.165, 1.54) is 4.90 Å². The first-order valence-corrected chi connectivity index (χ1v) is 10.3. The number of hydrogen-bond donors (Lipinski definition) is 2. The number of aromatic amines is 1. The lowest BCUT2D eigenvalue weighted by atomic mass is 9.97. The number of rotatable bonds is 9. The van der Waals surface area contributed by atoms with Crippen molar-refractivity contribution in [2.75, 3.05) is 0 Å². The van der Waals surface area contributed by atoms with Gasteiger partial charge in [0.2, 0.25) is 5.91 Å². The molecule has 2 aromatic carbocycles. The number of nitrogens with zero attached hydrogens (tertiary/aromatic N) is 4. The van der Waals surface area contributed by atoms with Crippen molar-refractivity contribution in [2.45, 2.75) is 52.1 Å². The van der Waals surface area contributed by atoms with Crippen LogP contribution in [0.4, 0.5) is 0 Å². The molecule has 0 aliphatic heterocycles. The van der Waals surface area contributed by atoms with Gasteiger partial charge in [-0.05, 0) is 47.4 Å². The highest BCUT2D eigenvalue weighted by Gasteiger charge is 2.37. The number of aliphatic carboxylic acids is 1. The number of carbonyl (C=O) groups is 2. The Hall–Kier alpha value is -3.55. The maximum atomic E-state index is 12.8. The van der Waals surface area contributed by atoms with Gasteiger partial charge in [-0.1, -0.05) is 61.9 Å². The molecule has 8 heteroatoms. The van der Waals surface area contributed by atoms with Gasteiger partial charge in [-0.3, -0.25) is 4.79 Å². The number of carboxylic acid groups (broad SMARTS) is 1. The normalized spacial score (nSPS) is 11.3. The van der Waals surface area contributed by atoms with E-state index in [0.29, 0.717) is 12.2 Å². The second kappa shape index (κ2) is 9.51. The molecule has 0 radical (unpaired) electrons. The minimum Gasteiger partial charge on any atom is -0.480 e. The molecule has 162 valence electrons. The van der Waals surface area contributed by atoms with Crippen molar-refractivity contribution in [3.63, 3.8) is 0 Å². The standard InChI is InChI=1S/C23H27N5O3/c1-4-5-10-20(29)28(23(2,3)22(30)31)15-16-11-13-17(14-12-16)18-8-6-7-9-19(18)21-24-26-27-25-21/h6-9,11-14H,4-5,10,15H2,1-3H3,(H,30,31)(H,24,25,26,27). The molecule has 2 N–H and O–H groups in total. The van der Waals surface area contributed by atoms with E-state index in [-0.39, 0.29) is 12.5 Å². The van der Waals surface area contributed by atoms with Gasteiger partial charge in [0.1, 0.15) is 5.54 Å². The van der Waals surface area contributed by atoms with Crippen LogP contribution in [-0.4, -0.2) is 48.0 Å². The highest BCUT2D eigenvalue weighted by atomic mass is 16.4.